The normalized spacial score (nSPS) is 11.5. The maximum atomic E-state index is 6.53. The van der Waals surface area contributed by atoms with E-state index in [1.54, 1.807) is 0 Å². The highest BCUT2D eigenvalue weighted by molar-refractivity contribution is 6.29. The average Bonchev–Trinajstić information content (AvgIpc) is 3.51. The molecule has 216 valence electrons. The van der Waals surface area contributed by atoms with Crippen molar-refractivity contribution in [2.75, 3.05) is 4.90 Å². The molecule has 2 nitrogen and oxygen atoms in total. The summed E-state index contributed by atoms with van der Waals surface area (Å²) in [5, 5.41) is 7.23. The number of hydrogen-bond acceptors (Lipinski definition) is 2. The molecule has 0 aliphatic carbocycles. The molecule has 0 aliphatic rings. The van der Waals surface area contributed by atoms with Crippen molar-refractivity contribution in [2.45, 2.75) is 0 Å². The first-order valence-corrected chi connectivity index (χ1v) is 15.7. The van der Waals surface area contributed by atoms with Crippen LogP contribution in [0.5, 0.6) is 0 Å². The van der Waals surface area contributed by atoms with E-state index >= 15 is 0 Å². The van der Waals surface area contributed by atoms with Gasteiger partial charge in [0.05, 0.1) is 0 Å². The van der Waals surface area contributed by atoms with Crippen molar-refractivity contribution >= 4 is 60.5 Å². The van der Waals surface area contributed by atoms with E-state index < -0.39 is 0 Å². The highest BCUT2D eigenvalue weighted by Gasteiger charge is 2.19. The summed E-state index contributed by atoms with van der Waals surface area (Å²) < 4.78 is 6.53. The molecule has 1 aromatic heterocycles. The SMILES string of the molecule is c1ccc(-c2ccc(N(c3ccccc3)c3cccc(-c4cc5oc6ccccc6c5c5c4ccc4ccccc45)c3)cc2)cc1. The van der Waals surface area contributed by atoms with Crippen molar-refractivity contribution in [1.82, 2.24) is 0 Å². The van der Waals surface area contributed by atoms with Crippen LogP contribution >= 0.6 is 0 Å². The summed E-state index contributed by atoms with van der Waals surface area (Å²) in [5.74, 6) is 0. The van der Waals surface area contributed by atoms with Crippen LogP contribution < -0.4 is 4.90 Å². The van der Waals surface area contributed by atoms with Crippen molar-refractivity contribution in [3.05, 3.63) is 176 Å². The molecule has 0 saturated heterocycles. The van der Waals surface area contributed by atoms with Gasteiger partial charge in [0.15, 0.2) is 0 Å². The molecule has 0 atom stereocenters. The molecule has 0 saturated carbocycles. The van der Waals surface area contributed by atoms with Gasteiger partial charge in [-0.1, -0.05) is 127 Å². The van der Waals surface area contributed by atoms with Gasteiger partial charge in [-0.2, -0.15) is 0 Å². The minimum absolute atomic E-state index is 0.905. The largest absolute Gasteiger partial charge is 0.456 e. The predicted octanol–water partition coefficient (Wildman–Crippen LogP) is 12.7. The Morgan fingerprint density at radius 2 is 0.978 bits per heavy atom. The van der Waals surface area contributed by atoms with E-state index in [1.165, 1.54) is 38.1 Å². The first-order valence-electron chi connectivity index (χ1n) is 15.7. The maximum absolute atomic E-state index is 6.53. The summed E-state index contributed by atoms with van der Waals surface area (Å²) in [4.78, 5) is 2.33. The van der Waals surface area contributed by atoms with Crippen LogP contribution in [0.4, 0.5) is 17.1 Å². The number of rotatable bonds is 5. The minimum Gasteiger partial charge on any atom is -0.456 e. The lowest BCUT2D eigenvalue weighted by Gasteiger charge is -2.26. The van der Waals surface area contributed by atoms with Crippen LogP contribution in [0.15, 0.2) is 180 Å². The van der Waals surface area contributed by atoms with E-state index in [0.29, 0.717) is 0 Å². The summed E-state index contributed by atoms with van der Waals surface area (Å²) >= 11 is 0. The van der Waals surface area contributed by atoms with Gasteiger partial charge >= 0.3 is 0 Å². The Bertz CT molecular complexity index is 2510. The van der Waals surface area contributed by atoms with E-state index in [1.807, 2.05) is 6.07 Å². The van der Waals surface area contributed by atoms with E-state index in [4.69, 9.17) is 4.42 Å². The molecule has 9 aromatic rings. The Labute approximate surface area is 267 Å². The Hall–Kier alpha value is -6.12. The van der Waals surface area contributed by atoms with Gasteiger partial charge in [-0.3, -0.25) is 0 Å². The van der Waals surface area contributed by atoms with Crippen molar-refractivity contribution in [3.8, 4) is 22.3 Å². The molecule has 46 heavy (non-hydrogen) atoms. The van der Waals surface area contributed by atoms with E-state index in [9.17, 15) is 0 Å². The van der Waals surface area contributed by atoms with Crippen molar-refractivity contribution in [3.63, 3.8) is 0 Å². The summed E-state index contributed by atoms with van der Waals surface area (Å²) in [6, 6.07) is 62.6. The number of furan rings is 1. The maximum Gasteiger partial charge on any atom is 0.136 e. The quantitative estimate of drug-likeness (QED) is 0.186. The van der Waals surface area contributed by atoms with Crippen LogP contribution in [-0.4, -0.2) is 0 Å². The van der Waals surface area contributed by atoms with Crippen LogP contribution in [-0.2, 0) is 0 Å². The van der Waals surface area contributed by atoms with Gasteiger partial charge in [-0.25, -0.2) is 0 Å². The second kappa shape index (κ2) is 10.8. The fourth-order valence-corrected chi connectivity index (χ4v) is 6.91. The summed E-state index contributed by atoms with van der Waals surface area (Å²) in [6.45, 7) is 0. The lowest BCUT2D eigenvalue weighted by atomic mass is 9.91. The van der Waals surface area contributed by atoms with Gasteiger partial charge in [-0.05, 0) is 86.9 Å². The van der Waals surface area contributed by atoms with Gasteiger partial charge < -0.3 is 9.32 Å². The molecule has 0 spiro atoms. The van der Waals surface area contributed by atoms with Crippen LogP contribution in [0, 0.1) is 0 Å². The first-order chi connectivity index (χ1) is 22.8. The van der Waals surface area contributed by atoms with E-state index in [2.05, 4.69) is 175 Å². The standard InChI is InChI=1S/C44H29NO/c1-3-12-30(13-4-1)31-22-25-35(26-23-31)45(34-16-5-2-6-17-34)36-18-11-15-33(28-36)40-29-42-44(39-20-9-10-21-41(39)46-42)43-37-19-8-7-14-32(37)24-27-38(40)43/h1-29H. The zero-order chi connectivity index (χ0) is 30.5. The third-order valence-corrected chi connectivity index (χ3v) is 9.03. The second-order valence-corrected chi connectivity index (χ2v) is 11.7. The van der Waals surface area contributed by atoms with Gasteiger partial charge in [0.2, 0.25) is 0 Å². The molecule has 1 heterocycles. The van der Waals surface area contributed by atoms with Gasteiger partial charge in [-0.15, -0.1) is 0 Å². The molecule has 0 bridgehead atoms. The fourth-order valence-electron chi connectivity index (χ4n) is 6.91. The van der Waals surface area contributed by atoms with Gasteiger partial charge in [0.1, 0.15) is 11.2 Å². The third-order valence-electron chi connectivity index (χ3n) is 9.03. The average molecular weight is 588 g/mol. The zero-order valence-electron chi connectivity index (χ0n) is 25.1. The molecular formula is C44H29NO. The highest BCUT2D eigenvalue weighted by atomic mass is 16.3. The second-order valence-electron chi connectivity index (χ2n) is 11.7. The molecule has 0 N–H and O–H groups in total. The van der Waals surface area contributed by atoms with Crippen LogP contribution in [0.2, 0.25) is 0 Å². The molecule has 9 rings (SSSR count). The zero-order valence-corrected chi connectivity index (χ0v) is 25.1. The van der Waals surface area contributed by atoms with Crippen LogP contribution in [0.3, 0.4) is 0 Å². The van der Waals surface area contributed by atoms with Crippen molar-refractivity contribution in [1.29, 1.82) is 0 Å². The summed E-state index contributed by atoms with van der Waals surface area (Å²) in [5.41, 5.74) is 9.82. The van der Waals surface area contributed by atoms with Gasteiger partial charge in [0.25, 0.3) is 0 Å². The molecule has 0 radical (unpaired) electrons. The number of benzene rings is 8. The number of para-hydroxylation sites is 2. The number of hydrogen-bond donors (Lipinski definition) is 0. The van der Waals surface area contributed by atoms with E-state index in [-0.39, 0.29) is 0 Å². The first kappa shape index (κ1) is 26.3. The van der Waals surface area contributed by atoms with Crippen LogP contribution in [0.1, 0.15) is 0 Å². The molecular weight excluding hydrogens is 558 g/mol. The van der Waals surface area contributed by atoms with E-state index in [0.717, 1.165) is 44.7 Å². The Kier molecular flexibility index (Phi) is 6.17. The Morgan fingerprint density at radius 1 is 0.348 bits per heavy atom. The molecule has 8 aromatic carbocycles. The van der Waals surface area contributed by atoms with Crippen molar-refractivity contribution < 1.29 is 4.42 Å². The molecule has 0 unspecified atom stereocenters. The smallest absolute Gasteiger partial charge is 0.136 e. The molecule has 0 amide bonds. The molecule has 0 fully saturated rings. The third kappa shape index (κ3) is 4.35. The summed E-state index contributed by atoms with van der Waals surface area (Å²) in [7, 11) is 0. The lowest BCUT2D eigenvalue weighted by Crippen LogP contribution is -2.09. The molecule has 0 aliphatic heterocycles. The Morgan fingerprint density at radius 3 is 1.80 bits per heavy atom. The van der Waals surface area contributed by atoms with Crippen LogP contribution in [0.25, 0.3) is 65.7 Å². The predicted molar refractivity (Wildman–Crippen MR) is 194 cm³/mol. The van der Waals surface area contributed by atoms with Gasteiger partial charge in [0, 0.05) is 33.2 Å². The lowest BCUT2D eigenvalue weighted by molar-refractivity contribution is 0.669. The fraction of sp³-hybridized carbons (Fsp3) is 0. The number of fused-ring (bicyclic) bond motifs is 7. The highest BCUT2D eigenvalue weighted by Crippen LogP contribution is 2.44. The van der Waals surface area contributed by atoms with Crippen molar-refractivity contribution in [2.24, 2.45) is 0 Å². The minimum atomic E-state index is 0.905. The number of anilines is 3. The summed E-state index contributed by atoms with van der Waals surface area (Å²) in [6.07, 6.45) is 0. The number of nitrogens with zero attached hydrogens (tertiary/aromatic N) is 1. The Balaban J connectivity index is 1.25. The monoisotopic (exact) mass is 587 g/mol. The topological polar surface area (TPSA) is 16.4 Å². The molecule has 2 heteroatoms.